The van der Waals surface area contributed by atoms with Crippen molar-refractivity contribution in [1.29, 1.82) is 0 Å². The van der Waals surface area contributed by atoms with Gasteiger partial charge in [-0.05, 0) is 44.0 Å². The molecule has 3 rings (SSSR count). The molecule has 0 amide bonds. The molecule has 0 radical (unpaired) electrons. The molecule has 0 N–H and O–H groups in total. The lowest BCUT2D eigenvalue weighted by Gasteiger charge is -2.21. The van der Waals surface area contributed by atoms with Crippen LogP contribution in [0.25, 0.3) is 0 Å². The van der Waals surface area contributed by atoms with E-state index in [1.807, 2.05) is 0 Å². The summed E-state index contributed by atoms with van der Waals surface area (Å²) in [6.07, 6.45) is 0. The largest absolute Gasteiger partial charge is 0.264 e. The highest BCUT2D eigenvalue weighted by molar-refractivity contribution is 6.95. The number of aryl methyl sites for hydroxylation is 2. The van der Waals surface area contributed by atoms with E-state index in [0.717, 1.165) is 20.8 Å². The molecule has 0 heterocycles. The van der Waals surface area contributed by atoms with Crippen molar-refractivity contribution < 1.29 is 39.5 Å². The molecule has 0 nitrogen and oxygen atoms in total. The molecule has 0 fully saturated rings. The second-order valence-corrected chi connectivity index (χ2v) is 7.06. The van der Waals surface area contributed by atoms with E-state index >= 15 is 0 Å². The van der Waals surface area contributed by atoms with Gasteiger partial charge in [0.05, 0.1) is 0 Å². The normalized spacial score (nSPS) is 11.2. The lowest BCUT2D eigenvalue weighted by molar-refractivity contribution is 0.494. The molecule has 0 atom stereocenters. The van der Waals surface area contributed by atoms with E-state index in [2.05, 4.69) is 0 Å². The zero-order valence-corrected chi connectivity index (χ0v) is 16.2. The summed E-state index contributed by atoms with van der Waals surface area (Å²) in [5, 5.41) is 0. The molecule has 162 valence electrons. The maximum atomic E-state index is 14.9. The number of benzene rings is 3. The molecule has 10 heteroatoms. The first-order valence-corrected chi connectivity index (χ1v) is 8.80. The Balaban J connectivity index is 2.56. The lowest BCUT2D eigenvalue weighted by atomic mass is 9.35. The van der Waals surface area contributed by atoms with Crippen LogP contribution in [0, 0.1) is 73.1 Å². The van der Waals surface area contributed by atoms with Gasteiger partial charge in [-0.25, -0.2) is 39.5 Å². The van der Waals surface area contributed by atoms with Gasteiger partial charge in [0.15, 0.2) is 23.3 Å². The van der Waals surface area contributed by atoms with Crippen LogP contribution in [-0.2, 0) is 0 Å². The molecule has 3 aromatic rings. The van der Waals surface area contributed by atoms with Crippen molar-refractivity contribution in [2.75, 3.05) is 0 Å². The maximum Gasteiger partial charge on any atom is 0.264 e. The Bertz CT molecular complexity index is 1070. The molecule has 0 saturated heterocycles. The van der Waals surface area contributed by atoms with Crippen molar-refractivity contribution in [3.8, 4) is 0 Å². The predicted molar refractivity (Wildman–Crippen MR) is 97.8 cm³/mol. The summed E-state index contributed by atoms with van der Waals surface area (Å²) in [7, 11) is 0. The van der Waals surface area contributed by atoms with Gasteiger partial charge in [-0.1, -0.05) is 0 Å². The highest BCUT2D eigenvalue weighted by Crippen LogP contribution is 2.19. The van der Waals surface area contributed by atoms with E-state index < -0.39 is 92.1 Å². The fourth-order valence-electron chi connectivity index (χ4n) is 3.39. The van der Waals surface area contributed by atoms with Crippen LogP contribution in [0.1, 0.15) is 16.7 Å². The van der Waals surface area contributed by atoms with E-state index in [1.165, 1.54) is 0 Å². The average molecular weight is 446 g/mol. The van der Waals surface area contributed by atoms with Gasteiger partial charge in [0, 0.05) is 28.0 Å². The number of hydrogen-bond donors (Lipinski definition) is 0. The van der Waals surface area contributed by atoms with Gasteiger partial charge in [0.25, 0.3) is 6.71 Å². The zero-order valence-electron chi connectivity index (χ0n) is 16.2. The van der Waals surface area contributed by atoms with Gasteiger partial charge in [0.1, 0.15) is 29.1 Å². The molecule has 0 unspecified atom stereocenters. The predicted octanol–water partition coefficient (Wildman–Crippen LogP) is 4.38. The van der Waals surface area contributed by atoms with Crippen molar-refractivity contribution >= 4 is 23.1 Å². The summed E-state index contributed by atoms with van der Waals surface area (Å²) in [5.41, 5.74) is -6.21. The number of halogens is 9. The molecule has 31 heavy (non-hydrogen) atoms. The van der Waals surface area contributed by atoms with Crippen molar-refractivity contribution in [2.24, 2.45) is 0 Å². The quantitative estimate of drug-likeness (QED) is 0.319. The van der Waals surface area contributed by atoms with Crippen LogP contribution >= 0.6 is 0 Å². The first-order chi connectivity index (χ1) is 14.4. The Kier molecular flexibility index (Phi) is 5.86. The number of hydrogen-bond acceptors (Lipinski definition) is 0. The molecule has 0 aromatic heterocycles. The minimum Gasteiger partial charge on any atom is -0.207 e. The molecular formula is C21H12BF9. The van der Waals surface area contributed by atoms with Crippen LogP contribution in [-0.4, -0.2) is 6.71 Å². The summed E-state index contributed by atoms with van der Waals surface area (Å²) >= 11 is 0. The van der Waals surface area contributed by atoms with Crippen LogP contribution in [0.4, 0.5) is 39.5 Å². The molecular weight excluding hydrogens is 434 g/mol. The first-order valence-electron chi connectivity index (χ1n) is 8.80. The van der Waals surface area contributed by atoms with Gasteiger partial charge >= 0.3 is 0 Å². The molecule has 0 spiro atoms. The van der Waals surface area contributed by atoms with Crippen molar-refractivity contribution in [3.05, 3.63) is 87.2 Å². The molecule has 3 aromatic carbocycles. The van der Waals surface area contributed by atoms with Crippen LogP contribution in [0.15, 0.2) is 18.2 Å². The second-order valence-electron chi connectivity index (χ2n) is 7.06. The van der Waals surface area contributed by atoms with Gasteiger partial charge in [-0.15, -0.1) is 0 Å². The summed E-state index contributed by atoms with van der Waals surface area (Å²) < 4.78 is 131. The molecule has 0 saturated carbocycles. The molecule has 0 aliphatic carbocycles. The Hall–Kier alpha value is -2.91. The standard InChI is InChI=1S/C21H12BF9/c1-7-4-11(24)15(20(30)17(7)27)22(14-13(26)6-10(23)9(3)19(14)29)16-12(25)5-8(2)18(28)21(16)31/h4-6H,1-3H3. The van der Waals surface area contributed by atoms with Gasteiger partial charge in [-0.2, -0.15) is 0 Å². The van der Waals surface area contributed by atoms with E-state index in [9.17, 15) is 39.5 Å². The van der Waals surface area contributed by atoms with Crippen LogP contribution < -0.4 is 16.4 Å². The highest BCUT2D eigenvalue weighted by Gasteiger charge is 2.40. The Morgan fingerprint density at radius 2 is 0.806 bits per heavy atom. The summed E-state index contributed by atoms with van der Waals surface area (Å²) in [5.74, 6) is -15.3. The monoisotopic (exact) mass is 446 g/mol. The van der Waals surface area contributed by atoms with E-state index in [-0.39, 0.29) is 6.07 Å². The zero-order chi connectivity index (χ0) is 23.4. The van der Waals surface area contributed by atoms with Crippen molar-refractivity contribution in [2.45, 2.75) is 20.8 Å². The third-order valence-corrected chi connectivity index (χ3v) is 5.05. The summed E-state index contributed by atoms with van der Waals surface area (Å²) in [6.45, 7) is 0.159. The number of rotatable bonds is 3. The van der Waals surface area contributed by atoms with E-state index in [4.69, 9.17) is 0 Å². The third-order valence-electron chi connectivity index (χ3n) is 5.05. The molecule has 0 aliphatic rings. The smallest absolute Gasteiger partial charge is 0.207 e. The van der Waals surface area contributed by atoms with Crippen molar-refractivity contribution in [3.63, 3.8) is 0 Å². The fraction of sp³-hybridized carbons (Fsp3) is 0.143. The van der Waals surface area contributed by atoms with Gasteiger partial charge < -0.3 is 0 Å². The van der Waals surface area contributed by atoms with Crippen LogP contribution in [0.2, 0.25) is 0 Å². The Labute approximate surface area is 171 Å². The maximum absolute atomic E-state index is 14.9. The van der Waals surface area contributed by atoms with E-state index in [0.29, 0.717) is 12.1 Å². The summed E-state index contributed by atoms with van der Waals surface area (Å²) in [4.78, 5) is 0. The Morgan fingerprint density at radius 1 is 0.452 bits per heavy atom. The van der Waals surface area contributed by atoms with Crippen LogP contribution in [0.5, 0.6) is 0 Å². The van der Waals surface area contributed by atoms with Crippen LogP contribution in [0.3, 0.4) is 0 Å². The minimum absolute atomic E-state index is 0.140. The third kappa shape index (κ3) is 3.57. The average Bonchev–Trinajstić information content (AvgIpc) is 2.68. The molecule has 0 bridgehead atoms. The second kappa shape index (κ2) is 7.98. The van der Waals surface area contributed by atoms with Gasteiger partial charge in [0.2, 0.25) is 0 Å². The van der Waals surface area contributed by atoms with Crippen molar-refractivity contribution in [1.82, 2.24) is 0 Å². The SMILES string of the molecule is Cc1cc(F)c(B(c2c(F)cc(F)c(C)c2F)c2c(F)cc(C)c(F)c2F)c(F)c1F. The first kappa shape index (κ1) is 22.8. The lowest BCUT2D eigenvalue weighted by Crippen LogP contribution is -2.59. The molecule has 0 aliphatic heterocycles. The minimum atomic E-state index is -2.65. The topological polar surface area (TPSA) is 0 Å². The van der Waals surface area contributed by atoms with E-state index in [1.54, 1.807) is 0 Å². The Morgan fingerprint density at radius 3 is 1.23 bits per heavy atom. The summed E-state index contributed by atoms with van der Waals surface area (Å²) in [6, 6.07) is 1.04. The van der Waals surface area contributed by atoms with Gasteiger partial charge in [-0.3, -0.25) is 0 Å². The highest BCUT2D eigenvalue weighted by atomic mass is 19.2. The fourth-order valence-corrected chi connectivity index (χ4v) is 3.39.